The maximum absolute atomic E-state index is 14.1. The number of carbonyl (C=O) groups is 2. The molecule has 1 N–H and O–H groups in total. The Morgan fingerprint density at radius 3 is 2.17 bits per heavy atom. The van der Waals surface area contributed by atoms with E-state index in [0.29, 0.717) is 32.6 Å². The van der Waals surface area contributed by atoms with E-state index in [1.165, 1.54) is 17.0 Å². The summed E-state index contributed by atoms with van der Waals surface area (Å²) in [7, 11) is -4.19. The van der Waals surface area contributed by atoms with Gasteiger partial charge in [-0.15, -0.1) is 0 Å². The lowest BCUT2D eigenvalue weighted by molar-refractivity contribution is -0.140. The van der Waals surface area contributed by atoms with Crippen LogP contribution in [0, 0.1) is 6.92 Å². The van der Waals surface area contributed by atoms with Crippen molar-refractivity contribution in [1.29, 1.82) is 0 Å². The second-order valence-corrected chi connectivity index (χ2v) is 12.7. The summed E-state index contributed by atoms with van der Waals surface area (Å²) in [6, 6.07) is 16.6. The van der Waals surface area contributed by atoms with Crippen molar-refractivity contribution in [3.05, 3.63) is 92.9 Å². The molecular formula is C29H32Cl3N3O4S. The Morgan fingerprint density at radius 1 is 0.900 bits per heavy atom. The fourth-order valence-corrected chi connectivity index (χ4v) is 6.22. The first-order valence-corrected chi connectivity index (χ1v) is 15.3. The zero-order valence-electron chi connectivity index (χ0n) is 22.7. The monoisotopic (exact) mass is 623 g/mol. The van der Waals surface area contributed by atoms with Crippen LogP contribution in [0.2, 0.25) is 15.1 Å². The Labute approximate surface area is 251 Å². The standard InChI is InChI=1S/C29H32Cl3N3O4S/c1-5-26(29(37)33-19(2)3)34(17-21-14-15-24(31)25(32)16-21)28(36)18-35(27-13-9-12-23(30)20(27)4)40(38,39)22-10-7-6-8-11-22/h6-16,19,26H,5,17-18H2,1-4H3,(H,33,37)/t26-/m0/s1. The van der Waals surface area contributed by atoms with Crippen molar-refractivity contribution in [3.63, 3.8) is 0 Å². The van der Waals surface area contributed by atoms with E-state index in [1.54, 1.807) is 68.4 Å². The quantitative estimate of drug-likeness (QED) is 0.265. The molecule has 1 atom stereocenters. The van der Waals surface area contributed by atoms with Crippen LogP contribution in [0.3, 0.4) is 0 Å². The molecule has 0 saturated carbocycles. The summed E-state index contributed by atoms with van der Waals surface area (Å²) in [5.74, 6) is -0.918. The van der Waals surface area contributed by atoms with Gasteiger partial charge >= 0.3 is 0 Å². The normalized spacial score (nSPS) is 12.2. The highest BCUT2D eigenvalue weighted by Gasteiger charge is 2.34. The van der Waals surface area contributed by atoms with Gasteiger partial charge in [-0.3, -0.25) is 13.9 Å². The van der Waals surface area contributed by atoms with Crippen molar-refractivity contribution in [3.8, 4) is 0 Å². The number of halogens is 3. The molecule has 7 nitrogen and oxygen atoms in total. The highest BCUT2D eigenvalue weighted by molar-refractivity contribution is 7.92. The molecule has 0 aliphatic heterocycles. The Hall–Kier alpha value is -2.78. The molecule has 0 fully saturated rings. The van der Waals surface area contributed by atoms with Crippen molar-refractivity contribution in [2.75, 3.05) is 10.8 Å². The number of hydrogen-bond donors (Lipinski definition) is 1. The third-order valence-corrected chi connectivity index (χ3v) is 9.19. The number of amides is 2. The smallest absolute Gasteiger partial charge is 0.264 e. The zero-order valence-corrected chi connectivity index (χ0v) is 25.8. The van der Waals surface area contributed by atoms with Crippen molar-refractivity contribution >= 4 is 62.3 Å². The molecule has 11 heteroatoms. The summed E-state index contributed by atoms with van der Waals surface area (Å²) >= 11 is 18.7. The number of nitrogens with zero attached hydrogens (tertiary/aromatic N) is 2. The number of rotatable bonds is 11. The molecular weight excluding hydrogens is 593 g/mol. The maximum atomic E-state index is 14.1. The van der Waals surface area contributed by atoms with Crippen molar-refractivity contribution in [2.45, 2.75) is 57.6 Å². The predicted molar refractivity (Wildman–Crippen MR) is 162 cm³/mol. The molecule has 3 rings (SSSR count). The summed E-state index contributed by atoms with van der Waals surface area (Å²) < 4.78 is 28.9. The number of hydrogen-bond acceptors (Lipinski definition) is 4. The topological polar surface area (TPSA) is 86.8 Å². The number of sulfonamides is 1. The predicted octanol–water partition coefficient (Wildman–Crippen LogP) is 6.48. The van der Waals surface area contributed by atoms with Gasteiger partial charge in [0.25, 0.3) is 10.0 Å². The van der Waals surface area contributed by atoms with Gasteiger partial charge in [-0.1, -0.05) is 72.1 Å². The first-order valence-electron chi connectivity index (χ1n) is 12.7. The van der Waals surface area contributed by atoms with E-state index in [1.807, 2.05) is 13.8 Å². The number of anilines is 1. The molecule has 3 aromatic carbocycles. The van der Waals surface area contributed by atoms with Crippen molar-refractivity contribution in [1.82, 2.24) is 10.2 Å². The SMILES string of the molecule is CC[C@@H](C(=O)NC(C)C)N(Cc1ccc(Cl)c(Cl)c1)C(=O)CN(c1cccc(Cl)c1C)S(=O)(=O)c1ccccc1. The fourth-order valence-electron chi connectivity index (χ4n) is 4.23. The zero-order chi connectivity index (χ0) is 29.6. The van der Waals surface area contributed by atoms with Gasteiger partial charge in [0.15, 0.2) is 0 Å². The number of nitrogens with one attached hydrogen (secondary N) is 1. The van der Waals surface area contributed by atoms with Crippen LogP contribution >= 0.6 is 34.8 Å². The van der Waals surface area contributed by atoms with E-state index >= 15 is 0 Å². The minimum atomic E-state index is -4.19. The van der Waals surface area contributed by atoms with Crippen LogP contribution in [-0.2, 0) is 26.2 Å². The lowest BCUT2D eigenvalue weighted by atomic mass is 10.1. The average molecular weight is 625 g/mol. The minimum absolute atomic E-state index is 0.00744. The second kappa shape index (κ2) is 13.7. The van der Waals surface area contributed by atoms with Crippen LogP contribution in [0.5, 0.6) is 0 Å². The lowest BCUT2D eigenvalue weighted by Gasteiger charge is -2.34. The Morgan fingerprint density at radius 2 is 1.57 bits per heavy atom. The van der Waals surface area contributed by atoms with Gasteiger partial charge in [0, 0.05) is 17.6 Å². The van der Waals surface area contributed by atoms with Gasteiger partial charge in [-0.2, -0.15) is 0 Å². The Bertz CT molecular complexity index is 1470. The molecule has 40 heavy (non-hydrogen) atoms. The van der Waals surface area contributed by atoms with Crippen LogP contribution in [0.25, 0.3) is 0 Å². The van der Waals surface area contributed by atoms with E-state index < -0.39 is 28.5 Å². The Kier molecular flexibility index (Phi) is 10.9. The van der Waals surface area contributed by atoms with E-state index in [2.05, 4.69) is 5.32 Å². The molecule has 0 radical (unpaired) electrons. The van der Waals surface area contributed by atoms with Crippen LogP contribution in [0.15, 0.2) is 71.6 Å². The molecule has 0 aliphatic rings. The molecule has 0 spiro atoms. The van der Waals surface area contributed by atoms with Gasteiger partial charge in [-0.25, -0.2) is 8.42 Å². The van der Waals surface area contributed by atoms with Gasteiger partial charge in [0.05, 0.1) is 20.6 Å². The molecule has 2 amide bonds. The minimum Gasteiger partial charge on any atom is -0.352 e. The van der Waals surface area contributed by atoms with E-state index in [-0.39, 0.29) is 29.1 Å². The third-order valence-electron chi connectivity index (χ3n) is 6.27. The lowest BCUT2D eigenvalue weighted by Crippen LogP contribution is -2.53. The molecule has 0 unspecified atom stereocenters. The highest BCUT2D eigenvalue weighted by Crippen LogP contribution is 2.31. The third kappa shape index (κ3) is 7.49. The van der Waals surface area contributed by atoms with Crippen LogP contribution in [0.4, 0.5) is 5.69 Å². The van der Waals surface area contributed by atoms with Gasteiger partial charge in [0.1, 0.15) is 12.6 Å². The summed E-state index contributed by atoms with van der Waals surface area (Å²) in [6.07, 6.45) is 0.299. The van der Waals surface area contributed by atoms with Crippen LogP contribution < -0.4 is 9.62 Å². The van der Waals surface area contributed by atoms with E-state index in [9.17, 15) is 18.0 Å². The summed E-state index contributed by atoms with van der Waals surface area (Å²) in [5.41, 5.74) is 1.39. The molecule has 0 saturated heterocycles. The van der Waals surface area contributed by atoms with E-state index in [4.69, 9.17) is 34.8 Å². The molecule has 0 heterocycles. The Balaban J connectivity index is 2.11. The molecule has 3 aromatic rings. The average Bonchev–Trinajstić information content (AvgIpc) is 2.91. The number of carbonyl (C=O) groups excluding carboxylic acids is 2. The molecule has 0 bridgehead atoms. The van der Waals surface area contributed by atoms with Crippen LogP contribution in [0.1, 0.15) is 38.3 Å². The summed E-state index contributed by atoms with van der Waals surface area (Å²) in [5, 5.41) is 3.87. The van der Waals surface area contributed by atoms with Gasteiger partial charge in [-0.05, 0) is 74.7 Å². The first-order chi connectivity index (χ1) is 18.9. The molecule has 214 valence electrons. The first kappa shape index (κ1) is 31.7. The van der Waals surface area contributed by atoms with Crippen molar-refractivity contribution < 1.29 is 18.0 Å². The van der Waals surface area contributed by atoms with Gasteiger partial charge in [0.2, 0.25) is 11.8 Å². The highest BCUT2D eigenvalue weighted by atomic mass is 35.5. The number of benzene rings is 3. The van der Waals surface area contributed by atoms with Crippen molar-refractivity contribution in [2.24, 2.45) is 0 Å². The molecule has 0 aliphatic carbocycles. The second-order valence-electron chi connectivity index (χ2n) is 9.57. The summed E-state index contributed by atoms with van der Waals surface area (Å²) in [6.45, 7) is 6.57. The maximum Gasteiger partial charge on any atom is 0.264 e. The van der Waals surface area contributed by atoms with Gasteiger partial charge < -0.3 is 10.2 Å². The largest absolute Gasteiger partial charge is 0.352 e. The molecule has 0 aromatic heterocycles. The van der Waals surface area contributed by atoms with Crippen LogP contribution in [-0.4, -0.2) is 43.8 Å². The van der Waals surface area contributed by atoms with E-state index in [0.717, 1.165) is 4.31 Å². The fraction of sp³-hybridized carbons (Fsp3) is 0.310. The summed E-state index contributed by atoms with van der Waals surface area (Å²) in [4.78, 5) is 28.7.